The van der Waals surface area contributed by atoms with Crippen molar-refractivity contribution in [2.24, 2.45) is 11.3 Å². The molecule has 0 saturated heterocycles. The summed E-state index contributed by atoms with van der Waals surface area (Å²) < 4.78 is 0. The summed E-state index contributed by atoms with van der Waals surface area (Å²) in [5.41, 5.74) is 1.66. The maximum Gasteiger partial charge on any atom is 0.130 e. The standard InChI is InChI=1S/C22H34O/c1-19(23)17-22(2,18-21-14-7-4-8-15-21)16-10-9-13-20-11-5-3-6-12-20/h3,5-6,11-12,21H,4,7-10,13-18H2,1-2H3/t22-/m1/s1. The molecule has 1 aromatic rings. The molecule has 23 heavy (non-hydrogen) atoms. The smallest absolute Gasteiger partial charge is 0.130 e. The third-order valence-electron chi connectivity index (χ3n) is 5.52. The lowest BCUT2D eigenvalue weighted by Gasteiger charge is -2.34. The summed E-state index contributed by atoms with van der Waals surface area (Å²) in [6.45, 7) is 4.13. The van der Waals surface area contributed by atoms with Gasteiger partial charge in [-0.15, -0.1) is 0 Å². The zero-order chi connectivity index (χ0) is 16.5. The molecule has 0 heterocycles. The minimum absolute atomic E-state index is 0.227. The lowest BCUT2D eigenvalue weighted by Crippen LogP contribution is -2.25. The molecule has 0 unspecified atom stereocenters. The lowest BCUT2D eigenvalue weighted by molar-refractivity contribution is -0.119. The van der Waals surface area contributed by atoms with Gasteiger partial charge in [0.05, 0.1) is 0 Å². The Morgan fingerprint density at radius 2 is 1.78 bits per heavy atom. The first-order valence-corrected chi connectivity index (χ1v) is 9.61. The highest BCUT2D eigenvalue weighted by Crippen LogP contribution is 2.40. The summed E-state index contributed by atoms with van der Waals surface area (Å²) in [5, 5.41) is 0. The second-order valence-electron chi connectivity index (χ2n) is 8.09. The number of carbonyl (C=O) groups excluding carboxylic acids is 1. The second kappa shape index (κ2) is 9.25. The fraction of sp³-hybridized carbons (Fsp3) is 0.682. The number of unbranched alkanes of at least 4 members (excludes halogenated alkanes) is 1. The Balaban J connectivity index is 1.80. The van der Waals surface area contributed by atoms with Crippen LogP contribution in [0.5, 0.6) is 0 Å². The van der Waals surface area contributed by atoms with Crippen molar-refractivity contribution in [2.75, 3.05) is 0 Å². The molecule has 0 aromatic heterocycles. The average molecular weight is 315 g/mol. The molecule has 0 amide bonds. The van der Waals surface area contributed by atoms with Crippen LogP contribution in [0.1, 0.15) is 83.6 Å². The van der Waals surface area contributed by atoms with Crippen LogP contribution in [0.4, 0.5) is 0 Å². The van der Waals surface area contributed by atoms with Gasteiger partial charge in [-0.2, -0.15) is 0 Å². The Kier molecular flexibility index (Phi) is 7.33. The van der Waals surface area contributed by atoms with Crippen molar-refractivity contribution in [1.29, 1.82) is 0 Å². The van der Waals surface area contributed by atoms with Crippen molar-refractivity contribution in [3.63, 3.8) is 0 Å². The fourth-order valence-corrected chi connectivity index (χ4v) is 4.48. The van der Waals surface area contributed by atoms with E-state index in [4.69, 9.17) is 0 Å². The van der Waals surface area contributed by atoms with E-state index >= 15 is 0 Å². The highest BCUT2D eigenvalue weighted by atomic mass is 16.1. The van der Waals surface area contributed by atoms with Gasteiger partial charge in [0.15, 0.2) is 0 Å². The normalized spacial score (nSPS) is 18.5. The van der Waals surface area contributed by atoms with Gasteiger partial charge < -0.3 is 4.79 Å². The number of Topliss-reactive ketones (excluding diaryl/α,β-unsaturated/α-hetero) is 1. The van der Waals surface area contributed by atoms with Crippen LogP contribution in [0.15, 0.2) is 30.3 Å². The molecule has 2 rings (SSSR count). The largest absolute Gasteiger partial charge is 0.300 e. The van der Waals surface area contributed by atoms with Crippen molar-refractivity contribution >= 4 is 5.78 Å². The molecule has 0 bridgehead atoms. The summed E-state index contributed by atoms with van der Waals surface area (Å²) in [6.07, 6.45) is 13.9. The predicted molar refractivity (Wildman–Crippen MR) is 98.6 cm³/mol. The van der Waals surface area contributed by atoms with Gasteiger partial charge in [0.2, 0.25) is 0 Å². The fourth-order valence-electron chi connectivity index (χ4n) is 4.48. The van der Waals surface area contributed by atoms with Gasteiger partial charge >= 0.3 is 0 Å². The first kappa shape index (κ1) is 18.2. The van der Waals surface area contributed by atoms with Crippen molar-refractivity contribution < 1.29 is 4.79 Å². The molecule has 0 spiro atoms. The molecule has 0 aliphatic heterocycles. The maximum atomic E-state index is 11.8. The van der Waals surface area contributed by atoms with E-state index in [0.717, 1.165) is 12.3 Å². The predicted octanol–water partition coefficient (Wildman–Crippen LogP) is 6.36. The summed E-state index contributed by atoms with van der Waals surface area (Å²) in [6, 6.07) is 10.8. The Morgan fingerprint density at radius 1 is 1.09 bits per heavy atom. The van der Waals surface area contributed by atoms with Crippen LogP contribution in [-0.2, 0) is 11.2 Å². The van der Waals surface area contributed by atoms with Gasteiger partial charge in [-0.3, -0.25) is 0 Å². The van der Waals surface area contributed by atoms with Crippen LogP contribution in [0.3, 0.4) is 0 Å². The Labute approximate surface area is 142 Å². The van der Waals surface area contributed by atoms with Gasteiger partial charge in [-0.05, 0) is 49.5 Å². The van der Waals surface area contributed by atoms with E-state index in [9.17, 15) is 4.79 Å². The molecule has 0 N–H and O–H groups in total. The Bertz CT molecular complexity index is 458. The van der Waals surface area contributed by atoms with Crippen LogP contribution >= 0.6 is 0 Å². The van der Waals surface area contributed by atoms with Crippen LogP contribution in [0, 0.1) is 11.3 Å². The van der Waals surface area contributed by atoms with E-state index in [-0.39, 0.29) is 5.41 Å². The molecule has 1 heteroatoms. The van der Waals surface area contributed by atoms with Gasteiger partial charge in [0.1, 0.15) is 5.78 Å². The molecule has 1 aliphatic rings. The molecule has 1 atom stereocenters. The van der Waals surface area contributed by atoms with Gasteiger partial charge in [0, 0.05) is 6.42 Å². The number of rotatable bonds is 9. The first-order chi connectivity index (χ1) is 11.1. The third kappa shape index (κ3) is 6.89. The van der Waals surface area contributed by atoms with Crippen molar-refractivity contribution in [2.45, 2.75) is 84.5 Å². The van der Waals surface area contributed by atoms with E-state index in [1.807, 2.05) is 0 Å². The molecule has 1 aliphatic carbocycles. The SMILES string of the molecule is CC(=O)C[C@@](C)(CCCCc1ccccc1)CC1CCCCC1. The zero-order valence-electron chi connectivity index (χ0n) is 15.2. The maximum absolute atomic E-state index is 11.8. The number of aryl methyl sites for hydroxylation is 1. The highest BCUT2D eigenvalue weighted by molar-refractivity contribution is 5.76. The Morgan fingerprint density at radius 3 is 2.43 bits per heavy atom. The molecule has 1 saturated carbocycles. The van der Waals surface area contributed by atoms with Crippen LogP contribution in [-0.4, -0.2) is 5.78 Å². The topological polar surface area (TPSA) is 17.1 Å². The monoisotopic (exact) mass is 314 g/mol. The summed E-state index contributed by atoms with van der Waals surface area (Å²) in [7, 11) is 0. The highest BCUT2D eigenvalue weighted by Gasteiger charge is 2.29. The molecule has 1 nitrogen and oxygen atoms in total. The minimum atomic E-state index is 0.227. The van der Waals surface area contributed by atoms with E-state index in [1.54, 1.807) is 6.92 Å². The summed E-state index contributed by atoms with van der Waals surface area (Å²) in [5.74, 6) is 1.23. The molecule has 1 aromatic carbocycles. The summed E-state index contributed by atoms with van der Waals surface area (Å²) >= 11 is 0. The second-order valence-corrected chi connectivity index (χ2v) is 8.09. The zero-order valence-corrected chi connectivity index (χ0v) is 15.2. The van der Waals surface area contributed by atoms with Crippen LogP contribution < -0.4 is 0 Å². The first-order valence-electron chi connectivity index (χ1n) is 9.61. The van der Waals surface area contributed by atoms with Crippen LogP contribution in [0.2, 0.25) is 0 Å². The van der Waals surface area contributed by atoms with E-state index < -0.39 is 0 Å². The Hall–Kier alpha value is -1.11. The molecule has 1 fully saturated rings. The van der Waals surface area contributed by atoms with E-state index in [0.29, 0.717) is 5.78 Å². The molecule has 128 valence electrons. The van der Waals surface area contributed by atoms with Crippen molar-refractivity contribution in [3.8, 4) is 0 Å². The number of hydrogen-bond donors (Lipinski definition) is 0. The van der Waals surface area contributed by atoms with Gasteiger partial charge in [-0.1, -0.05) is 75.8 Å². The quantitative estimate of drug-likeness (QED) is 0.485. The van der Waals surface area contributed by atoms with Crippen molar-refractivity contribution in [1.82, 2.24) is 0 Å². The average Bonchev–Trinajstić information content (AvgIpc) is 2.53. The minimum Gasteiger partial charge on any atom is -0.300 e. The summed E-state index contributed by atoms with van der Waals surface area (Å²) in [4.78, 5) is 11.8. The number of benzene rings is 1. The number of carbonyl (C=O) groups is 1. The lowest BCUT2D eigenvalue weighted by atomic mass is 9.70. The third-order valence-corrected chi connectivity index (χ3v) is 5.52. The number of hydrogen-bond acceptors (Lipinski definition) is 1. The number of ketones is 1. The van der Waals surface area contributed by atoms with E-state index in [2.05, 4.69) is 37.3 Å². The van der Waals surface area contributed by atoms with Gasteiger partial charge in [-0.25, -0.2) is 0 Å². The van der Waals surface area contributed by atoms with Crippen LogP contribution in [0.25, 0.3) is 0 Å². The van der Waals surface area contributed by atoms with E-state index in [1.165, 1.54) is 69.8 Å². The molecule has 0 radical (unpaired) electrons. The molecular weight excluding hydrogens is 280 g/mol. The van der Waals surface area contributed by atoms with Gasteiger partial charge in [0.25, 0.3) is 0 Å². The van der Waals surface area contributed by atoms with Crippen molar-refractivity contribution in [3.05, 3.63) is 35.9 Å². The molecular formula is C22H34O.